The van der Waals surface area contributed by atoms with Crippen LogP contribution in [0.15, 0.2) is 217 Å². The Kier molecular flexibility index (Phi) is 9.48. The quantitative estimate of drug-likeness (QED) is 0.138. The number of para-hydroxylation sites is 2. The number of hydrogen-bond donors (Lipinski definition) is 0. The van der Waals surface area contributed by atoms with Crippen LogP contribution in [0.2, 0.25) is 0 Å². The first-order valence-electron chi connectivity index (χ1n) is 24.0. The van der Waals surface area contributed by atoms with Crippen LogP contribution in [0, 0.1) is 0 Å². The minimum Gasteiger partial charge on any atom is -0.309 e. The second kappa shape index (κ2) is 15.9. The zero-order valence-electron chi connectivity index (χ0n) is 37.8. The van der Waals surface area contributed by atoms with Crippen molar-refractivity contribution < 1.29 is 0 Å². The smallest absolute Gasteiger partial charge is 0.0541 e. The summed E-state index contributed by atoms with van der Waals surface area (Å²) in [4.78, 5) is 1.32. The third kappa shape index (κ3) is 6.16. The molecule has 0 bridgehead atoms. The van der Waals surface area contributed by atoms with Crippen LogP contribution in [0.5, 0.6) is 0 Å². The largest absolute Gasteiger partial charge is 0.309 e. The van der Waals surface area contributed by atoms with Gasteiger partial charge in [-0.3, -0.25) is 0 Å². The van der Waals surface area contributed by atoms with E-state index in [1.807, 2.05) is 11.8 Å². The molecule has 0 radical (unpaired) electrons. The Morgan fingerprint density at radius 2 is 1.03 bits per heavy atom. The summed E-state index contributed by atoms with van der Waals surface area (Å²) in [5.74, 6) is 0. The highest BCUT2D eigenvalue weighted by atomic mass is 32.2. The topological polar surface area (TPSA) is 4.93 Å². The highest BCUT2D eigenvalue weighted by Gasteiger charge is 2.41. The van der Waals surface area contributed by atoms with Crippen LogP contribution < -0.4 is 0 Å². The standard InChI is InChI=1S/C65H49NS/c1-3-65(4-2)57-39-42(32-36-49(57)50-37-33-45(40-58(50)65)66-59-29-17-15-25-51(59)52-26-16-18-30-60(52)66)31-34-46-35-38-61(67-46)56-41-55(43-19-7-5-8-20-43)63-53-27-13-11-23-47(53)48-24-12-14-28-54(48)64(63)62(56)44-21-9-6-10-22-44/h5-37,39-41,61H,3-4,38H2,1-2H3/b34-31+. The van der Waals surface area contributed by atoms with Crippen molar-refractivity contribution in [1.29, 1.82) is 0 Å². The highest BCUT2D eigenvalue weighted by molar-refractivity contribution is 8.03. The number of aromatic nitrogens is 1. The predicted octanol–water partition coefficient (Wildman–Crippen LogP) is 18.4. The van der Waals surface area contributed by atoms with Crippen molar-refractivity contribution in [2.45, 2.75) is 43.8 Å². The Balaban J connectivity index is 0.885. The Bertz CT molecular complexity index is 3770. The molecule has 1 atom stereocenters. The molecule has 11 aromatic rings. The molecule has 67 heavy (non-hydrogen) atoms. The molecule has 0 amide bonds. The lowest BCUT2D eigenvalue weighted by molar-refractivity contribution is 0.490. The molecule has 0 spiro atoms. The Morgan fingerprint density at radius 1 is 0.493 bits per heavy atom. The summed E-state index contributed by atoms with van der Waals surface area (Å²) in [6, 6.07) is 74.9. The predicted molar refractivity (Wildman–Crippen MR) is 289 cm³/mol. The normalized spacial score (nSPS) is 15.3. The van der Waals surface area contributed by atoms with Gasteiger partial charge in [0.2, 0.25) is 0 Å². The van der Waals surface area contributed by atoms with E-state index >= 15 is 0 Å². The maximum Gasteiger partial charge on any atom is 0.0541 e. The summed E-state index contributed by atoms with van der Waals surface area (Å²) >= 11 is 2.01. The van der Waals surface area contributed by atoms with Gasteiger partial charge in [0.25, 0.3) is 0 Å². The van der Waals surface area contributed by atoms with Gasteiger partial charge in [-0.05, 0) is 144 Å². The first kappa shape index (κ1) is 39.9. The monoisotopic (exact) mass is 875 g/mol. The molecular weight excluding hydrogens is 827 g/mol. The molecule has 1 unspecified atom stereocenters. The molecule has 1 nitrogen and oxygen atoms in total. The molecule has 1 aliphatic heterocycles. The van der Waals surface area contributed by atoms with E-state index in [1.165, 1.54) is 120 Å². The van der Waals surface area contributed by atoms with Crippen LogP contribution in [0.4, 0.5) is 0 Å². The van der Waals surface area contributed by atoms with Gasteiger partial charge in [-0.1, -0.05) is 196 Å². The SMILES string of the molecule is CCC1(CC)c2cc(/C=C/C3=CCC(c4cc(-c5ccccc5)c5c6ccccc6c6ccccc6c5c4-c4ccccc4)S3)ccc2-c2ccc(-n3c4ccccc4c4ccccc43)cc21. The molecule has 1 aliphatic carbocycles. The van der Waals surface area contributed by atoms with E-state index in [9.17, 15) is 0 Å². The minimum absolute atomic E-state index is 0.0638. The van der Waals surface area contributed by atoms with Crippen molar-refractivity contribution in [1.82, 2.24) is 4.57 Å². The van der Waals surface area contributed by atoms with Gasteiger partial charge in [0, 0.05) is 32.0 Å². The molecule has 2 heterocycles. The van der Waals surface area contributed by atoms with Crippen molar-refractivity contribution in [2.24, 2.45) is 0 Å². The van der Waals surface area contributed by atoms with Crippen molar-refractivity contribution >= 4 is 72.0 Å². The van der Waals surface area contributed by atoms with E-state index in [2.05, 4.69) is 237 Å². The maximum atomic E-state index is 2.54. The van der Waals surface area contributed by atoms with Gasteiger partial charge in [0.1, 0.15) is 0 Å². The number of fused-ring (bicyclic) bond motifs is 12. The van der Waals surface area contributed by atoms with Crippen LogP contribution in [-0.4, -0.2) is 4.57 Å². The fourth-order valence-corrected chi connectivity index (χ4v) is 13.2. The fraction of sp³-hybridized carbons (Fsp3) is 0.108. The lowest BCUT2D eigenvalue weighted by atomic mass is 9.73. The van der Waals surface area contributed by atoms with Crippen LogP contribution in [0.3, 0.4) is 0 Å². The maximum absolute atomic E-state index is 2.54. The number of hydrogen-bond acceptors (Lipinski definition) is 1. The van der Waals surface area contributed by atoms with Crippen molar-refractivity contribution in [3.63, 3.8) is 0 Å². The summed E-state index contributed by atoms with van der Waals surface area (Å²) in [6.07, 6.45) is 10.3. The van der Waals surface area contributed by atoms with Crippen LogP contribution in [0.1, 0.15) is 60.6 Å². The van der Waals surface area contributed by atoms with Crippen LogP contribution in [0.25, 0.3) is 99.3 Å². The molecular formula is C65H49NS. The molecule has 1 aromatic heterocycles. The summed E-state index contributed by atoms with van der Waals surface area (Å²) in [5, 5.41) is 10.7. The molecule has 320 valence electrons. The van der Waals surface area contributed by atoms with E-state index in [0.29, 0.717) is 0 Å². The first-order chi connectivity index (χ1) is 33.1. The number of rotatable bonds is 8. The second-order valence-electron chi connectivity index (χ2n) is 18.4. The third-order valence-electron chi connectivity index (χ3n) is 15.2. The van der Waals surface area contributed by atoms with Crippen molar-refractivity contribution in [2.75, 3.05) is 0 Å². The third-order valence-corrected chi connectivity index (χ3v) is 16.5. The lowest BCUT2D eigenvalue weighted by Crippen LogP contribution is -2.23. The van der Waals surface area contributed by atoms with Crippen molar-refractivity contribution in [3.05, 3.63) is 240 Å². The van der Waals surface area contributed by atoms with Gasteiger partial charge >= 0.3 is 0 Å². The average molecular weight is 876 g/mol. The van der Waals surface area contributed by atoms with E-state index in [1.54, 1.807) is 0 Å². The molecule has 0 saturated heterocycles. The van der Waals surface area contributed by atoms with Gasteiger partial charge in [-0.25, -0.2) is 0 Å². The zero-order chi connectivity index (χ0) is 44.6. The van der Waals surface area contributed by atoms with Gasteiger partial charge in [0.15, 0.2) is 0 Å². The lowest BCUT2D eigenvalue weighted by Gasteiger charge is -2.30. The molecule has 2 heteroatoms. The molecule has 0 saturated carbocycles. The number of nitrogens with zero attached hydrogens (tertiary/aromatic N) is 1. The Morgan fingerprint density at radius 3 is 1.67 bits per heavy atom. The number of benzene rings is 10. The zero-order valence-corrected chi connectivity index (χ0v) is 38.7. The summed E-state index contributed by atoms with van der Waals surface area (Å²) < 4.78 is 2.46. The first-order valence-corrected chi connectivity index (χ1v) is 24.9. The van der Waals surface area contributed by atoms with E-state index in [0.717, 1.165) is 19.3 Å². The number of allylic oxidation sites excluding steroid dienone is 2. The van der Waals surface area contributed by atoms with Crippen molar-refractivity contribution in [3.8, 4) is 39.1 Å². The molecule has 13 rings (SSSR count). The molecule has 0 N–H and O–H groups in total. The van der Waals surface area contributed by atoms with Crippen LogP contribution in [-0.2, 0) is 5.41 Å². The van der Waals surface area contributed by atoms with Gasteiger partial charge < -0.3 is 4.57 Å². The Labute approximate surface area is 396 Å². The second-order valence-corrected chi connectivity index (χ2v) is 19.7. The van der Waals surface area contributed by atoms with E-state index in [4.69, 9.17) is 0 Å². The average Bonchev–Trinajstić information content (AvgIpc) is 4.09. The van der Waals surface area contributed by atoms with E-state index in [-0.39, 0.29) is 10.7 Å². The van der Waals surface area contributed by atoms with Gasteiger partial charge in [-0.2, -0.15) is 0 Å². The highest BCUT2D eigenvalue weighted by Crippen LogP contribution is 2.55. The van der Waals surface area contributed by atoms with Crippen LogP contribution >= 0.6 is 11.8 Å². The summed E-state index contributed by atoms with van der Waals surface area (Å²) in [6.45, 7) is 4.76. The van der Waals surface area contributed by atoms with Gasteiger partial charge in [-0.15, -0.1) is 11.8 Å². The summed E-state index contributed by atoms with van der Waals surface area (Å²) in [7, 11) is 0. The fourth-order valence-electron chi connectivity index (χ4n) is 12.1. The van der Waals surface area contributed by atoms with E-state index < -0.39 is 0 Å². The van der Waals surface area contributed by atoms with Gasteiger partial charge in [0.05, 0.1) is 11.0 Å². The molecule has 2 aliphatic rings. The minimum atomic E-state index is -0.0638. The number of thioether (sulfide) groups is 1. The molecule has 0 fully saturated rings. The Hall–Kier alpha value is -7.39. The molecule has 10 aromatic carbocycles. The summed E-state index contributed by atoms with van der Waals surface area (Å²) in [5.41, 5.74) is 17.1.